The first-order valence-electron chi connectivity index (χ1n) is 7.54. The van der Waals surface area contributed by atoms with Gasteiger partial charge in [0.05, 0.1) is 0 Å². The summed E-state index contributed by atoms with van der Waals surface area (Å²) < 4.78 is 0. The Balaban J connectivity index is 2.06. The number of hydrogen-bond donors (Lipinski definition) is 1. The summed E-state index contributed by atoms with van der Waals surface area (Å²) in [6.07, 6.45) is 1.38. The average molecular weight is 303 g/mol. The van der Waals surface area contributed by atoms with Crippen LogP contribution in [-0.4, -0.2) is 33.8 Å². The zero-order chi connectivity index (χ0) is 16.3. The van der Waals surface area contributed by atoms with Crippen LogP contribution in [0.25, 0.3) is 0 Å². The molecule has 1 aromatic rings. The van der Waals surface area contributed by atoms with Crippen molar-refractivity contribution in [3.63, 3.8) is 0 Å². The van der Waals surface area contributed by atoms with Crippen LogP contribution >= 0.6 is 0 Å². The number of amides is 2. The van der Waals surface area contributed by atoms with Crippen molar-refractivity contribution in [1.29, 1.82) is 0 Å². The van der Waals surface area contributed by atoms with Gasteiger partial charge in [-0.3, -0.25) is 14.5 Å². The number of carbonyl (C=O) groups excluding carboxylic acids is 2. The van der Waals surface area contributed by atoms with E-state index in [4.69, 9.17) is 0 Å². The van der Waals surface area contributed by atoms with Gasteiger partial charge in [-0.05, 0) is 24.3 Å². The molecule has 1 fully saturated rings. The van der Waals surface area contributed by atoms with E-state index < -0.39 is 17.9 Å². The standard InChI is InChI=1S/C17H21NO4/c1-11(2)15(17(21)22)18-14(19)10-13(16(18)20)9-8-12-6-4-3-5-7-12/h3-7,11,13,15H,8-10H2,1-2H3,(H,21,22)/t13-,15-/m1/s1. The van der Waals surface area contributed by atoms with Crippen LogP contribution < -0.4 is 0 Å². The van der Waals surface area contributed by atoms with Crippen LogP contribution in [-0.2, 0) is 20.8 Å². The molecule has 1 saturated heterocycles. The SMILES string of the molecule is CC(C)[C@H](C(=O)O)N1C(=O)C[C@@H](CCc2ccccc2)C1=O. The second-order valence-corrected chi connectivity index (χ2v) is 6.05. The van der Waals surface area contributed by atoms with Crippen molar-refractivity contribution in [1.82, 2.24) is 4.90 Å². The Kier molecular flexibility index (Phi) is 4.96. The fourth-order valence-electron chi connectivity index (χ4n) is 2.91. The van der Waals surface area contributed by atoms with E-state index in [9.17, 15) is 19.5 Å². The number of nitrogens with zero attached hydrogens (tertiary/aromatic N) is 1. The molecule has 0 spiro atoms. The Morgan fingerprint density at radius 1 is 1.27 bits per heavy atom. The van der Waals surface area contributed by atoms with Gasteiger partial charge >= 0.3 is 5.97 Å². The first-order chi connectivity index (χ1) is 10.4. The van der Waals surface area contributed by atoms with E-state index in [2.05, 4.69) is 0 Å². The van der Waals surface area contributed by atoms with Gasteiger partial charge in [0.25, 0.3) is 0 Å². The maximum atomic E-state index is 12.4. The topological polar surface area (TPSA) is 74.7 Å². The van der Waals surface area contributed by atoms with Crippen LogP contribution in [0.3, 0.4) is 0 Å². The molecule has 1 aromatic carbocycles. The average Bonchev–Trinajstić information content (AvgIpc) is 2.73. The lowest BCUT2D eigenvalue weighted by Gasteiger charge is -2.26. The Morgan fingerprint density at radius 3 is 2.45 bits per heavy atom. The van der Waals surface area contributed by atoms with Crippen molar-refractivity contribution in [3.8, 4) is 0 Å². The molecule has 1 aliphatic heterocycles. The third-order valence-corrected chi connectivity index (χ3v) is 4.06. The molecular weight excluding hydrogens is 282 g/mol. The minimum atomic E-state index is -1.12. The minimum absolute atomic E-state index is 0.113. The fourth-order valence-corrected chi connectivity index (χ4v) is 2.91. The Hall–Kier alpha value is -2.17. The van der Waals surface area contributed by atoms with Gasteiger partial charge in [-0.15, -0.1) is 0 Å². The summed E-state index contributed by atoms with van der Waals surface area (Å²) in [5.41, 5.74) is 1.11. The largest absolute Gasteiger partial charge is 0.480 e. The molecule has 1 aliphatic rings. The Morgan fingerprint density at radius 2 is 1.91 bits per heavy atom. The number of aliphatic carboxylic acids is 1. The van der Waals surface area contributed by atoms with Gasteiger partial charge in [0.15, 0.2) is 0 Å². The van der Waals surface area contributed by atoms with Gasteiger partial charge in [-0.25, -0.2) is 4.79 Å². The van der Waals surface area contributed by atoms with Crippen molar-refractivity contribution in [3.05, 3.63) is 35.9 Å². The molecule has 0 unspecified atom stereocenters. The van der Waals surface area contributed by atoms with Crippen molar-refractivity contribution in [2.75, 3.05) is 0 Å². The van der Waals surface area contributed by atoms with Crippen molar-refractivity contribution in [2.45, 2.75) is 39.2 Å². The molecule has 2 rings (SSSR count). The zero-order valence-electron chi connectivity index (χ0n) is 12.9. The maximum Gasteiger partial charge on any atom is 0.327 e. The smallest absolute Gasteiger partial charge is 0.327 e. The molecular formula is C17H21NO4. The highest BCUT2D eigenvalue weighted by Gasteiger charge is 2.45. The maximum absolute atomic E-state index is 12.4. The Labute approximate surface area is 129 Å². The van der Waals surface area contributed by atoms with Crippen molar-refractivity contribution >= 4 is 17.8 Å². The van der Waals surface area contributed by atoms with Gasteiger partial charge in [0.1, 0.15) is 6.04 Å². The lowest BCUT2D eigenvalue weighted by Crippen LogP contribution is -2.48. The van der Waals surface area contributed by atoms with Crippen LogP contribution in [0.4, 0.5) is 0 Å². The predicted molar refractivity (Wildman–Crippen MR) is 81.0 cm³/mol. The number of hydrogen-bond acceptors (Lipinski definition) is 3. The number of imide groups is 1. The second-order valence-electron chi connectivity index (χ2n) is 6.05. The van der Waals surface area contributed by atoms with Gasteiger partial charge in [-0.2, -0.15) is 0 Å². The molecule has 1 N–H and O–H groups in total. The highest BCUT2D eigenvalue weighted by Crippen LogP contribution is 2.28. The number of carbonyl (C=O) groups is 3. The number of aryl methyl sites for hydroxylation is 1. The zero-order valence-corrected chi connectivity index (χ0v) is 12.9. The first-order valence-corrected chi connectivity index (χ1v) is 7.54. The monoisotopic (exact) mass is 303 g/mol. The summed E-state index contributed by atoms with van der Waals surface area (Å²) in [6.45, 7) is 3.41. The molecule has 1 heterocycles. The van der Waals surface area contributed by atoms with Gasteiger partial charge in [-0.1, -0.05) is 44.2 Å². The minimum Gasteiger partial charge on any atom is -0.480 e. The summed E-state index contributed by atoms with van der Waals surface area (Å²) in [7, 11) is 0. The Bertz CT molecular complexity index is 567. The summed E-state index contributed by atoms with van der Waals surface area (Å²) in [6, 6.07) is 8.68. The van der Waals surface area contributed by atoms with Crippen LogP contribution in [0, 0.1) is 11.8 Å². The van der Waals surface area contributed by atoms with Gasteiger partial charge in [0.2, 0.25) is 11.8 Å². The van der Waals surface area contributed by atoms with E-state index >= 15 is 0 Å². The lowest BCUT2D eigenvalue weighted by molar-refractivity contribution is -0.156. The number of rotatable bonds is 6. The fraction of sp³-hybridized carbons (Fsp3) is 0.471. The van der Waals surface area contributed by atoms with E-state index in [0.29, 0.717) is 12.8 Å². The normalized spacial score (nSPS) is 19.8. The highest BCUT2D eigenvalue weighted by molar-refractivity contribution is 6.06. The van der Waals surface area contributed by atoms with E-state index in [-0.39, 0.29) is 24.2 Å². The summed E-state index contributed by atoms with van der Waals surface area (Å²) in [5, 5.41) is 9.29. The molecule has 5 nitrogen and oxygen atoms in total. The molecule has 0 bridgehead atoms. The molecule has 2 atom stereocenters. The third-order valence-electron chi connectivity index (χ3n) is 4.06. The number of benzene rings is 1. The van der Waals surface area contributed by atoms with Crippen molar-refractivity contribution in [2.24, 2.45) is 11.8 Å². The molecule has 0 radical (unpaired) electrons. The molecule has 0 aromatic heterocycles. The number of likely N-dealkylation sites (tertiary alicyclic amines) is 1. The molecule has 118 valence electrons. The molecule has 0 saturated carbocycles. The van der Waals surface area contributed by atoms with Crippen LogP contribution in [0.2, 0.25) is 0 Å². The highest BCUT2D eigenvalue weighted by atomic mass is 16.4. The summed E-state index contributed by atoms with van der Waals surface area (Å²) in [4.78, 5) is 36.8. The van der Waals surface area contributed by atoms with Gasteiger partial charge in [0, 0.05) is 12.3 Å². The van der Waals surface area contributed by atoms with Gasteiger partial charge < -0.3 is 5.11 Å². The van der Waals surface area contributed by atoms with Crippen LogP contribution in [0.15, 0.2) is 30.3 Å². The van der Waals surface area contributed by atoms with Crippen molar-refractivity contribution < 1.29 is 19.5 Å². The summed E-state index contributed by atoms with van der Waals surface area (Å²) in [5.74, 6) is -2.56. The van der Waals surface area contributed by atoms with E-state index in [1.807, 2.05) is 30.3 Å². The molecule has 0 aliphatic carbocycles. The lowest BCUT2D eigenvalue weighted by atomic mass is 9.98. The molecule has 2 amide bonds. The third kappa shape index (κ3) is 3.35. The van der Waals surface area contributed by atoms with Crippen LogP contribution in [0.1, 0.15) is 32.3 Å². The number of carboxylic acids is 1. The first kappa shape index (κ1) is 16.2. The van der Waals surface area contributed by atoms with E-state index in [0.717, 1.165) is 10.5 Å². The predicted octanol–water partition coefficient (Wildman–Crippen LogP) is 2.10. The quantitative estimate of drug-likeness (QED) is 0.817. The number of carboxylic acid groups (broad SMARTS) is 1. The molecule has 22 heavy (non-hydrogen) atoms. The summed E-state index contributed by atoms with van der Waals surface area (Å²) >= 11 is 0. The van der Waals surface area contributed by atoms with E-state index in [1.165, 1.54) is 0 Å². The second kappa shape index (κ2) is 6.73. The molecule has 5 heteroatoms. The van der Waals surface area contributed by atoms with E-state index in [1.54, 1.807) is 13.8 Å². The van der Waals surface area contributed by atoms with Crippen LogP contribution in [0.5, 0.6) is 0 Å².